The van der Waals surface area contributed by atoms with Gasteiger partial charge in [0.15, 0.2) is 0 Å². The maximum absolute atomic E-state index is 11.5. The Bertz CT molecular complexity index is 895. The van der Waals surface area contributed by atoms with Crippen LogP contribution >= 0.6 is 0 Å². The number of ether oxygens (including phenoxy) is 1. The average molecular weight is 318 g/mol. The summed E-state index contributed by atoms with van der Waals surface area (Å²) in [5.41, 5.74) is 2.08. The van der Waals surface area contributed by atoms with Crippen molar-refractivity contribution in [3.05, 3.63) is 83.9 Å². The number of carboxylic acids is 1. The first-order valence-corrected chi connectivity index (χ1v) is 7.78. The van der Waals surface area contributed by atoms with Crippen LogP contribution in [0.5, 0.6) is 5.75 Å². The zero-order valence-corrected chi connectivity index (χ0v) is 13.4. The van der Waals surface area contributed by atoms with Crippen LogP contribution in [0.4, 0.5) is 0 Å². The molecule has 3 aromatic carbocycles. The largest absolute Gasteiger partial charge is 0.489 e. The molecule has 0 bridgehead atoms. The number of benzene rings is 3. The highest BCUT2D eigenvalue weighted by Crippen LogP contribution is 2.29. The Morgan fingerprint density at radius 3 is 2.54 bits per heavy atom. The highest BCUT2D eigenvalue weighted by atomic mass is 16.5. The molecule has 120 valence electrons. The first-order chi connectivity index (χ1) is 11.7. The van der Waals surface area contributed by atoms with Crippen molar-refractivity contribution >= 4 is 22.3 Å². The Morgan fingerprint density at radius 2 is 1.83 bits per heavy atom. The Kier molecular flexibility index (Phi) is 4.62. The first-order valence-electron chi connectivity index (χ1n) is 7.78. The molecule has 0 heterocycles. The minimum absolute atomic E-state index is 0.292. The molecule has 0 amide bonds. The third-order valence-electron chi connectivity index (χ3n) is 3.91. The van der Waals surface area contributed by atoms with E-state index in [4.69, 9.17) is 4.74 Å². The fourth-order valence-electron chi connectivity index (χ4n) is 2.71. The van der Waals surface area contributed by atoms with Gasteiger partial charge in [0, 0.05) is 0 Å². The summed E-state index contributed by atoms with van der Waals surface area (Å²) in [5, 5.41) is 11.3. The van der Waals surface area contributed by atoms with Crippen molar-refractivity contribution in [2.45, 2.75) is 13.5 Å². The first kappa shape index (κ1) is 15.8. The molecule has 0 spiro atoms. The molecule has 0 aliphatic carbocycles. The van der Waals surface area contributed by atoms with Crippen molar-refractivity contribution in [1.29, 1.82) is 0 Å². The van der Waals surface area contributed by atoms with E-state index < -0.39 is 5.97 Å². The molecule has 3 heteroatoms. The minimum atomic E-state index is -0.930. The molecule has 3 aromatic rings. The van der Waals surface area contributed by atoms with Gasteiger partial charge in [0.05, 0.1) is 5.57 Å². The summed E-state index contributed by atoms with van der Waals surface area (Å²) in [7, 11) is 0. The predicted octanol–water partition coefficient (Wildman–Crippen LogP) is 4.91. The summed E-state index contributed by atoms with van der Waals surface area (Å²) in [6.07, 6.45) is 1.62. The normalized spacial score (nSPS) is 11.5. The van der Waals surface area contributed by atoms with Gasteiger partial charge in [-0.15, -0.1) is 0 Å². The van der Waals surface area contributed by atoms with E-state index in [1.165, 1.54) is 0 Å². The van der Waals surface area contributed by atoms with Gasteiger partial charge in [-0.1, -0.05) is 60.7 Å². The molecule has 3 nitrogen and oxygen atoms in total. The van der Waals surface area contributed by atoms with Gasteiger partial charge in [0.25, 0.3) is 0 Å². The van der Waals surface area contributed by atoms with E-state index in [0.29, 0.717) is 17.7 Å². The lowest BCUT2D eigenvalue weighted by atomic mass is 9.98. The molecule has 1 N–H and O–H groups in total. The molecule has 0 aliphatic rings. The van der Waals surface area contributed by atoms with E-state index in [2.05, 4.69) is 0 Å². The highest BCUT2D eigenvalue weighted by molar-refractivity contribution is 6.19. The van der Waals surface area contributed by atoms with E-state index in [9.17, 15) is 9.90 Å². The number of carbonyl (C=O) groups is 1. The predicted molar refractivity (Wildman–Crippen MR) is 96.0 cm³/mol. The molecule has 0 saturated heterocycles. The number of aliphatic carboxylic acids is 1. The van der Waals surface area contributed by atoms with Crippen LogP contribution in [0, 0.1) is 0 Å². The van der Waals surface area contributed by atoms with Gasteiger partial charge in [0.2, 0.25) is 0 Å². The Labute approximate surface area is 140 Å². The molecule has 0 unspecified atom stereocenters. The summed E-state index contributed by atoms with van der Waals surface area (Å²) in [6, 6.07) is 21.4. The number of hydrogen-bond acceptors (Lipinski definition) is 2. The molecule has 0 aliphatic heterocycles. The maximum Gasteiger partial charge on any atom is 0.335 e. The fraction of sp³-hybridized carbons (Fsp3) is 0.0952. The van der Waals surface area contributed by atoms with Crippen LogP contribution in [-0.2, 0) is 11.4 Å². The van der Waals surface area contributed by atoms with Crippen molar-refractivity contribution in [2.75, 3.05) is 0 Å². The van der Waals surface area contributed by atoms with Gasteiger partial charge in [-0.2, -0.15) is 0 Å². The lowest BCUT2D eigenvalue weighted by Crippen LogP contribution is -2.00. The number of hydrogen-bond donors (Lipinski definition) is 1. The summed E-state index contributed by atoms with van der Waals surface area (Å²) < 4.78 is 5.86. The van der Waals surface area contributed by atoms with E-state index >= 15 is 0 Å². The number of rotatable bonds is 5. The van der Waals surface area contributed by atoms with Gasteiger partial charge < -0.3 is 9.84 Å². The Morgan fingerprint density at radius 1 is 1.04 bits per heavy atom. The second-order valence-electron chi connectivity index (χ2n) is 5.47. The summed E-state index contributed by atoms with van der Waals surface area (Å²) >= 11 is 0. The van der Waals surface area contributed by atoms with Crippen molar-refractivity contribution in [1.82, 2.24) is 0 Å². The lowest BCUT2D eigenvalue weighted by Gasteiger charge is -2.11. The van der Waals surface area contributed by atoms with Crippen molar-refractivity contribution in [3.63, 3.8) is 0 Å². The quantitative estimate of drug-likeness (QED) is 0.680. The lowest BCUT2D eigenvalue weighted by molar-refractivity contribution is -0.130. The molecule has 24 heavy (non-hydrogen) atoms. The number of fused-ring (bicyclic) bond motifs is 1. The molecule has 0 aromatic heterocycles. The van der Waals surface area contributed by atoms with Gasteiger partial charge in [0.1, 0.15) is 12.4 Å². The zero-order chi connectivity index (χ0) is 16.9. The molecular formula is C21H18O3. The monoisotopic (exact) mass is 318 g/mol. The molecule has 0 atom stereocenters. The van der Waals surface area contributed by atoms with Crippen LogP contribution in [-0.4, -0.2) is 11.1 Å². The van der Waals surface area contributed by atoms with Crippen LogP contribution in [0.15, 0.2) is 72.8 Å². The molecular weight excluding hydrogens is 300 g/mol. The highest BCUT2D eigenvalue weighted by Gasteiger charge is 2.13. The minimum Gasteiger partial charge on any atom is -0.489 e. The third-order valence-corrected chi connectivity index (χ3v) is 3.91. The van der Waals surface area contributed by atoms with E-state index in [1.54, 1.807) is 13.0 Å². The summed E-state index contributed by atoms with van der Waals surface area (Å²) in [5.74, 6) is -0.208. The zero-order valence-electron chi connectivity index (χ0n) is 13.4. The second-order valence-corrected chi connectivity index (χ2v) is 5.47. The van der Waals surface area contributed by atoms with Crippen LogP contribution in [0.25, 0.3) is 16.3 Å². The summed E-state index contributed by atoms with van der Waals surface area (Å²) in [4.78, 5) is 11.5. The number of carboxylic acid groups (broad SMARTS) is 1. The van der Waals surface area contributed by atoms with Gasteiger partial charge in [-0.25, -0.2) is 4.79 Å². The van der Waals surface area contributed by atoms with Crippen LogP contribution < -0.4 is 4.74 Å². The van der Waals surface area contributed by atoms with E-state index in [1.807, 2.05) is 66.7 Å². The topological polar surface area (TPSA) is 46.5 Å². The fourth-order valence-corrected chi connectivity index (χ4v) is 2.71. The van der Waals surface area contributed by atoms with E-state index in [-0.39, 0.29) is 0 Å². The van der Waals surface area contributed by atoms with Crippen LogP contribution in [0.1, 0.15) is 18.1 Å². The van der Waals surface area contributed by atoms with Crippen molar-refractivity contribution in [3.8, 4) is 5.75 Å². The average Bonchev–Trinajstić information content (AvgIpc) is 2.61. The third kappa shape index (κ3) is 3.30. The molecule has 3 rings (SSSR count). The van der Waals surface area contributed by atoms with Gasteiger partial charge in [-0.05, 0) is 41.0 Å². The van der Waals surface area contributed by atoms with Crippen LogP contribution in [0.2, 0.25) is 0 Å². The maximum atomic E-state index is 11.5. The van der Waals surface area contributed by atoms with Crippen molar-refractivity contribution < 1.29 is 14.6 Å². The Hall–Kier alpha value is -3.07. The SMILES string of the molecule is C/C=C(/C(=O)O)c1cccc2ccc(OCc3ccccc3)cc12. The summed E-state index contributed by atoms with van der Waals surface area (Å²) in [6.45, 7) is 2.21. The number of allylic oxidation sites excluding steroid dienone is 1. The Balaban J connectivity index is 1.96. The molecule has 0 saturated carbocycles. The van der Waals surface area contributed by atoms with Gasteiger partial charge in [-0.3, -0.25) is 0 Å². The van der Waals surface area contributed by atoms with Gasteiger partial charge >= 0.3 is 5.97 Å². The smallest absolute Gasteiger partial charge is 0.335 e. The molecule has 0 radical (unpaired) electrons. The van der Waals surface area contributed by atoms with Crippen molar-refractivity contribution in [2.24, 2.45) is 0 Å². The second kappa shape index (κ2) is 7.01. The molecule has 0 fully saturated rings. The van der Waals surface area contributed by atoms with Crippen LogP contribution in [0.3, 0.4) is 0 Å². The van der Waals surface area contributed by atoms with E-state index in [0.717, 1.165) is 22.1 Å². The standard InChI is InChI=1S/C21H18O3/c1-2-18(21(22)23)19-10-6-9-16-11-12-17(13-20(16)19)24-14-15-7-4-3-5-8-15/h2-13H,14H2,1H3,(H,22,23)/b18-2+.